The van der Waals surface area contributed by atoms with Crippen LogP contribution < -0.4 is 0 Å². The first kappa shape index (κ1) is 20.4. The van der Waals surface area contributed by atoms with E-state index in [2.05, 4.69) is 6.92 Å². The molecule has 152 valence electrons. The highest BCUT2D eigenvalue weighted by molar-refractivity contribution is 6.20. The molecule has 5 heteroatoms. The number of esters is 1. The smallest absolute Gasteiger partial charge is 0.447 e. The zero-order valence-electron chi connectivity index (χ0n) is 17.5. The van der Waals surface area contributed by atoms with Crippen LogP contribution in [0.2, 0.25) is 0 Å². The average Bonchev–Trinajstić information content (AvgIpc) is 2.89. The van der Waals surface area contributed by atoms with Crippen LogP contribution in [-0.4, -0.2) is 24.3 Å². The molecule has 1 aromatic carbocycles. The first-order chi connectivity index (χ1) is 13.2. The van der Waals surface area contributed by atoms with Gasteiger partial charge in [-0.3, -0.25) is 0 Å². The maximum absolute atomic E-state index is 12.9. The first-order valence-electron chi connectivity index (χ1n) is 10.1. The Kier molecular flexibility index (Phi) is 5.82. The lowest BCUT2D eigenvalue weighted by Gasteiger charge is -2.35. The molecule has 1 saturated carbocycles. The largest absolute Gasteiger partial charge is 0.513 e. The van der Waals surface area contributed by atoms with Crippen molar-refractivity contribution in [1.29, 1.82) is 0 Å². The third-order valence-electron chi connectivity index (χ3n) is 5.60. The summed E-state index contributed by atoms with van der Waals surface area (Å²) < 4.78 is 16.8. The minimum absolute atomic E-state index is 0.200. The lowest BCUT2D eigenvalue weighted by atomic mass is 9.78. The molecule has 0 amide bonds. The lowest BCUT2D eigenvalue weighted by Crippen LogP contribution is -2.38. The number of hydrogen-bond acceptors (Lipinski definition) is 5. The van der Waals surface area contributed by atoms with E-state index < -0.39 is 17.7 Å². The zero-order valence-corrected chi connectivity index (χ0v) is 17.5. The second-order valence-electron chi connectivity index (χ2n) is 8.65. The van der Waals surface area contributed by atoms with Crippen LogP contribution in [0.25, 0.3) is 5.57 Å². The van der Waals surface area contributed by atoms with E-state index in [0.717, 1.165) is 29.5 Å². The lowest BCUT2D eigenvalue weighted by molar-refractivity contribution is -0.150. The monoisotopic (exact) mass is 386 g/mol. The molecule has 0 saturated heterocycles. The van der Waals surface area contributed by atoms with Crippen LogP contribution >= 0.6 is 0 Å². The third-order valence-corrected chi connectivity index (χ3v) is 5.60. The Morgan fingerprint density at radius 2 is 1.93 bits per heavy atom. The summed E-state index contributed by atoms with van der Waals surface area (Å²) in [6, 6.07) is 5.90. The summed E-state index contributed by atoms with van der Waals surface area (Å²) in [6.07, 6.45) is 2.37. The summed E-state index contributed by atoms with van der Waals surface area (Å²) in [5, 5.41) is 0. The maximum atomic E-state index is 12.9. The first-order valence-corrected chi connectivity index (χ1v) is 10.1. The second-order valence-corrected chi connectivity index (χ2v) is 8.65. The molecule has 5 nitrogen and oxygen atoms in total. The summed E-state index contributed by atoms with van der Waals surface area (Å²) in [6.45, 7) is 10.3. The Morgan fingerprint density at radius 3 is 2.57 bits per heavy atom. The average molecular weight is 386 g/mol. The molecule has 1 heterocycles. The quantitative estimate of drug-likeness (QED) is 0.655. The molecule has 0 bridgehead atoms. The van der Waals surface area contributed by atoms with Crippen LogP contribution in [0, 0.1) is 25.7 Å². The number of benzene rings is 1. The normalized spacial score (nSPS) is 24.6. The van der Waals surface area contributed by atoms with Gasteiger partial charge in [-0.15, -0.1) is 0 Å². The van der Waals surface area contributed by atoms with Crippen molar-refractivity contribution < 1.29 is 23.8 Å². The Labute approximate surface area is 167 Å². The van der Waals surface area contributed by atoms with Crippen LogP contribution in [0.4, 0.5) is 4.79 Å². The van der Waals surface area contributed by atoms with Gasteiger partial charge in [0.25, 0.3) is 0 Å². The van der Waals surface area contributed by atoms with Crippen molar-refractivity contribution >= 4 is 17.7 Å². The highest BCUT2D eigenvalue weighted by Gasteiger charge is 2.52. The van der Waals surface area contributed by atoms with Gasteiger partial charge < -0.3 is 14.2 Å². The molecule has 0 N–H and O–H groups in total. The maximum Gasteiger partial charge on any atom is 0.513 e. The minimum atomic E-state index is -0.869. The van der Waals surface area contributed by atoms with Gasteiger partial charge in [0.15, 0.2) is 11.4 Å². The molecule has 0 atom stereocenters. The number of ether oxygens (including phenoxy) is 3. The number of carbonyl (C=O) groups excluding carboxylic acids is 2. The molecule has 1 aliphatic carbocycles. The van der Waals surface area contributed by atoms with Gasteiger partial charge >= 0.3 is 12.1 Å². The number of carbonyl (C=O) groups is 2. The fourth-order valence-corrected chi connectivity index (χ4v) is 3.88. The van der Waals surface area contributed by atoms with Gasteiger partial charge in [-0.2, -0.15) is 0 Å². The van der Waals surface area contributed by atoms with E-state index in [4.69, 9.17) is 14.2 Å². The van der Waals surface area contributed by atoms with Crippen LogP contribution in [0.5, 0.6) is 0 Å². The standard InChI is InChI=1S/C23H30O5/c1-14(2)13-26-22(25)27-20-19(18-12-16(4)6-7-17(18)5)21(24)28-23(20)10-8-15(3)9-11-23/h6-7,12,14-15H,8-11,13H2,1-5H3. The van der Waals surface area contributed by atoms with Crippen LogP contribution in [0.15, 0.2) is 24.0 Å². The molecular formula is C23H30O5. The van der Waals surface area contributed by atoms with Crippen molar-refractivity contribution in [3.63, 3.8) is 0 Å². The van der Waals surface area contributed by atoms with Crippen molar-refractivity contribution in [2.24, 2.45) is 11.8 Å². The van der Waals surface area contributed by atoms with E-state index in [1.807, 2.05) is 45.9 Å². The predicted octanol–water partition coefficient (Wildman–Crippen LogP) is 5.33. The van der Waals surface area contributed by atoms with Gasteiger partial charge in [0.05, 0.1) is 6.61 Å². The predicted molar refractivity (Wildman–Crippen MR) is 107 cm³/mol. The molecule has 0 aromatic heterocycles. The van der Waals surface area contributed by atoms with E-state index >= 15 is 0 Å². The Bertz CT molecular complexity index is 797. The van der Waals surface area contributed by atoms with Gasteiger partial charge in [0.1, 0.15) is 5.57 Å². The van der Waals surface area contributed by atoms with E-state index in [1.165, 1.54) is 0 Å². The summed E-state index contributed by atoms with van der Waals surface area (Å²) in [5.41, 5.74) is 2.21. The minimum Gasteiger partial charge on any atom is -0.447 e. The summed E-state index contributed by atoms with van der Waals surface area (Å²) >= 11 is 0. The summed E-state index contributed by atoms with van der Waals surface area (Å²) in [4.78, 5) is 25.3. The molecule has 1 spiro atoms. The summed E-state index contributed by atoms with van der Waals surface area (Å²) in [5.74, 6) is 0.663. The Balaban J connectivity index is 2.04. The molecule has 1 aliphatic heterocycles. The highest BCUT2D eigenvalue weighted by atomic mass is 16.7. The van der Waals surface area contributed by atoms with E-state index in [-0.39, 0.29) is 12.5 Å². The van der Waals surface area contributed by atoms with Gasteiger partial charge in [-0.1, -0.05) is 44.5 Å². The van der Waals surface area contributed by atoms with E-state index in [1.54, 1.807) is 0 Å². The fourth-order valence-electron chi connectivity index (χ4n) is 3.88. The van der Waals surface area contributed by atoms with Crippen LogP contribution in [-0.2, 0) is 19.0 Å². The molecule has 1 fully saturated rings. The van der Waals surface area contributed by atoms with Crippen molar-refractivity contribution in [3.8, 4) is 0 Å². The second kappa shape index (κ2) is 7.98. The molecule has 28 heavy (non-hydrogen) atoms. The molecule has 3 rings (SSSR count). The zero-order chi connectivity index (χ0) is 20.5. The van der Waals surface area contributed by atoms with Crippen molar-refractivity contribution in [2.45, 2.75) is 65.9 Å². The van der Waals surface area contributed by atoms with Crippen molar-refractivity contribution in [3.05, 3.63) is 40.6 Å². The third kappa shape index (κ3) is 4.08. The van der Waals surface area contributed by atoms with Crippen LogP contribution in [0.1, 0.15) is 63.1 Å². The van der Waals surface area contributed by atoms with Gasteiger partial charge in [-0.25, -0.2) is 9.59 Å². The molecule has 0 radical (unpaired) electrons. The van der Waals surface area contributed by atoms with Crippen molar-refractivity contribution in [2.75, 3.05) is 6.61 Å². The number of aryl methyl sites for hydroxylation is 2. The number of rotatable bonds is 4. The number of hydrogen-bond donors (Lipinski definition) is 0. The molecule has 2 aliphatic rings. The van der Waals surface area contributed by atoms with Crippen molar-refractivity contribution in [1.82, 2.24) is 0 Å². The summed E-state index contributed by atoms with van der Waals surface area (Å²) in [7, 11) is 0. The van der Waals surface area contributed by atoms with Crippen LogP contribution in [0.3, 0.4) is 0 Å². The Hall–Kier alpha value is -2.30. The SMILES string of the molecule is Cc1ccc(C)c(C2=C(OC(=O)OCC(C)C)C3(CCC(C)CC3)OC2=O)c1. The van der Waals surface area contributed by atoms with Gasteiger partial charge in [0.2, 0.25) is 0 Å². The van der Waals surface area contributed by atoms with Gasteiger partial charge in [0, 0.05) is 0 Å². The van der Waals surface area contributed by atoms with E-state index in [9.17, 15) is 9.59 Å². The Morgan fingerprint density at radius 1 is 1.25 bits per heavy atom. The fraction of sp³-hybridized carbons (Fsp3) is 0.565. The molecule has 1 aromatic rings. The topological polar surface area (TPSA) is 61.8 Å². The molecule has 0 unspecified atom stereocenters. The highest BCUT2D eigenvalue weighted by Crippen LogP contribution is 2.48. The van der Waals surface area contributed by atoms with Gasteiger partial charge in [-0.05, 0) is 62.5 Å². The van der Waals surface area contributed by atoms with E-state index in [0.29, 0.717) is 30.1 Å². The molecular weight excluding hydrogens is 356 g/mol.